The van der Waals surface area contributed by atoms with Crippen molar-refractivity contribution in [1.29, 1.82) is 0 Å². The number of benzene rings is 1. The van der Waals surface area contributed by atoms with Gasteiger partial charge in [0, 0.05) is 24.1 Å². The number of carboxylic acid groups (broad SMARTS) is 1. The van der Waals surface area contributed by atoms with E-state index in [-0.39, 0.29) is 18.8 Å². The molecule has 4 rings (SSSR count). The van der Waals surface area contributed by atoms with Crippen LogP contribution in [0.1, 0.15) is 18.2 Å². The minimum atomic E-state index is -1.25. The zero-order valence-corrected chi connectivity index (χ0v) is 20.8. The van der Waals surface area contributed by atoms with Crippen molar-refractivity contribution in [3.8, 4) is 0 Å². The van der Waals surface area contributed by atoms with Gasteiger partial charge in [-0.1, -0.05) is 40.2 Å². The second-order valence-electron chi connectivity index (χ2n) is 8.58. The number of aliphatic hydroxyl groups excluding tert-OH is 2. The number of nitrogens with two attached hydrogens (primary N) is 2. The van der Waals surface area contributed by atoms with Crippen molar-refractivity contribution in [2.24, 2.45) is 5.73 Å². The number of hydrogen-bond acceptors (Lipinski definition) is 10. The summed E-state index contributed by atoms with van der Waals surface area (Å²) < 4.78 is 8.53. The molecule has 0 unspecified atom stereocenters. The predicted octanol–water partition coefficient (Wildman–Crippen LogP) is 0.608. The first-order valence-corrected chi connectivity index (χ1v) is 12.1. The van der Waals surface area contributed by atoms with Crippen LogP contribution in [-0.2, 0) is 9.53 Å². The molecular formula is C23H28BrN7O5. The number of nitrogen functional groups attached to an aromatic ring is 1. The molecule has 7 N–H and O–H groups in total. The van der Waals surface area contributed by atoms with Crippen molar-refractivity contribution in [3.63, 3.8) is 0 Å². The summed E-state index contributed by atoms with van der Waals surface area (Å²) in [7, 11) is 0. The molecule has 1 fully saturated rings. The highest BCUT2D eigenvalue weighted by Crippen LogP contribution is 2.32. The van der Waals surface area contributed by atoms with Gasteiger partial charge in [-0.05, 0) is 24.1 Å². The van der Waals surface area contributed by atoms with E-state index in [1.165, 1.54) is 17.2 Å². The van der Waals surface area contributed by atoms with Gasteiger partial charge in [-0.3, -0.25) is 14.3 Å². The number of anilines is 1. The van der Waals surface area contributed by atoms with E-state index < -0.39 is 36.6 Å². The minimum Gasteiger partial charge on any atom is -0.480 e. The highest BCUT2D eigenvalue weighted by Gasteiger charge is 2.44. The Labute approximate surface area is 215 Å². The molecule has 0 radical (unpaired) electrons. The quantitative estimate of drug-likeness (QED) is 0.233. The summed E-state index contributed by atoms with van der Waals surface area (Å²) in [6.45, 7) is 1.03. The largest absolute Gasteiger partial charge is 0.480 e. The lowest BCUT2D eigenvalue weighted by molar-refractivity contribution is -0.138. The number of carboxylic acids is 1. The molecule has 5 atom stereocenters. The zero-order valence-electron chi connectivity index (χ0n) is 19.3. The number of aromatic nitrogens is 4. The van der Waals surface area contributed by atoms with Gasteiger partial charge in [0.25, 0.3) is 0 Å². The molecule has 0 spiro atoms. The van der Waals surface area contributed by atoms with Crippen LogP contribution >= 0.6 is 15.9 Å². The average molecular weight is 562 g/mol. The minimum absolute atomic E-state index is 0.196. The fraction of sp³-hybridized carbons (Fsp3) is 0.391. The molecule has 13 heteroatoms. The molecule has 1 aromatic carbocycles. The number of ether oxygens (including phenoxy) is 1. The van der Waals surface area contributed by atoms with Gasteiger partial charge < -0.3 is 31.5 Å². The molecule has 1 aliphatic heterocycles. The van der Waals surface area contributed by atoms with Crippen LogP contribution < -0.4 is 11.5 Å². The highest BCUT2D eigenvalue weighted by atomic mass is 79.9. The third kappa shape index (κ3) is 5.88. The number of halogens is 1. The van der Waals surface area contributed by atoms with Gasteiger partial charge in [0.05, 0.1) is 6.33 Å². The molecule has 0 amide bonds. The highest BCUT2D eigenvalue weighted by molar-refractivity contribution is 9.10. The SMILES string of the molecule is Nc1ncnc2c1ncn2[C@@H]1O[C@H](CN(C/C=C/c2ccc(Br)cc2)CC[C@H](N)C(=O)O)[C@@H](O)[C@H]1O. The number of imidazole rings is 1. The summed E-state index contributed by atoms with van der Waals surface area (Å²) in [6, 6.07) is 6.78. The van der Waals surface area contributed by atoms with Crippen LogP contribution in [0.25, 0.3) is 17.2 Å². The fourth-order valence-electron chi connectivity index (χ4n) is 4.03. The van der Waals surface area contributed by atoms with Crippen LogP contribution in [0.5, 0.6) is 0 Å². The van der Waals surface area contributed by atoms with E-state index in [2.05, 4.69) is 30.9 Å². The van der Waals surface area contributed by atoms with Crippen LogP contribution in [0, 0.1) is 0 Å². The Kier molecular flexibility index (Phi) is 8.28. The van der Waals surface area contributed by atoms with Gasteiger partial charge in [-0.2, -0.15) is 0 Å². The van der Waals surface area contributed by atoms with Gasteiger partial charge in [0.2, 0.25) is 0 Å². The van der Waals surface area contributed by atoms with Crippen LogP contribution in [0.3, 0.4) is 0 Å². The van der Waals surface area contributed by atoms with E-state index in [1.807, 2.05) is 41.3 Å². The summed E-state index contributed by atoms with van der Waals surface area (Å²) in [6.07, 6.45) is 2.67. The Morgan fingerprint density at radius 1 is 1.22 bits per heavy atom. The molecule has 36 heavy (non-hydrogen) atoms. The lowest BCUT2D eigenvalue weighted by Gasteiger charge is -2.26. The number of fused-ring (bicyclic) bond motifs is 1. The van der Waals surface area contributed by atoms with Crippen LogP contribution in [0.15, 0.2) is 47.5 Å². The smallest absolute Gasteiger partial charge is 0.320 e. The summed E-state index contributed by atoms with van der Waals surface area (Å²) in [5, 5.41) is 30.7. The molecule has 0 bridgehead atoms. The van der Waals surface area contributed by atoms with Crippen molar-refractivity contribution >= 4 is 45.0 Å². The molecule has 2 aromatic heterocycles. The molecule has 12 nitrogen and oxygen atoms in total. The van der Waals surface area contributed by atoms with E-state index in [4.69, 9.17) is 21.3 Å². The normalized spacial score (nSPS) is 23.1. The molecule has 3 aromatic rings. The van der Waals surface area contributed by atoms with Gasteiger partial charge in [0.15, 0.2) is 17.7 Å². The third-order valence-electron chi connectivity index (χ3n) is 6.05. The molecule has 1 saturated heterocycles. The first-order chi connectivity index (χ1) is 17.2. The van der Waals surface area contributed by atoms with Gasteiger partial charge in [-0.25, -0.2) is 15.0 Å². The molecule has 0 saturated carbocycles. The van der Waals surface area contributed by atoms with Crippen molar-refractivity contribution in [3.05, 3.63) is 53.0 Å². The van der Waals surface area contributed by atoms with Crippen molar-refractivity contribution in [1.82, 2.24) is 24.4 Å². The van der Waals surface area contributed by atoms with E-state index in [0.717, 1.165) is 10.0 Å². The number of carbonyl (C=O) groups is 1. The fourth-order valence-corrected chi connectivity index (χ4v) is 4.30. The van der Waals surface area contributed by atoms with Crippen LogP contribution in [0.2, 0.25) is 0 Å². The second kappa shape index (κ2) is 11.4. The van der Waals surface area contributed by atoms with Crippen LogP contribution in [-0.4, -0.2) is 89.7 Å². The van der Waals surface area contributed by atoms with Gasteiger partial charge in [-0.15, -0.1) is 0 Å². The average Bonchev–Trinajstić information content (AvgIpc) is 3.40. The maximum Gasteiger partial charge on any atom is 0.320 e. The van der Waals surface area contributed by atoms with Gasteiger partial charge in [0.1, 0.15) is 36.2 Å². The first-order valence-electron chi connectivity index (χ1n) is 11.3. The van der Waals surface area contributed by atoms with Crippen molar-refractivity contribution in [2.75, 3.05) is 25.4 Å². The Morgan fingerprint density at radius 2 is 1.97 bits per heavy atom. The number of nitrogens with zero attached hydrogens (tertiary/aromatic N) is 5. The second-order valence-corrected chi connectivity index (χ2v) is 9.49. The molecule has 192 valence electrons. The van der Waals surface area contributed by atoms with Gasteiger partial charge >= 0.3 is 5.97 Å². The Balaban J connectivity index is 1.48. The van der Waals surface area contributed by atoms with Crippen molar-refractivity contribution < 1.29 is 24.9 Å². The van der Waals surface area contributed by atoms with Crippen LogP contribution in [0.4, 0.5) is 5.82 Å². The standard InChI is InChI=1S/C23H28BrN7O5/c24-14-5-3-13(4-6-14)2-1-8-30(9-7-15(25)23(34)35)10-16-18(32)19(33)22(36-16)31-12-29-17-20(26)27-11-28-21(17)31/h1-6,11-12,15-16,18-19,22,32-33H,7-10,25H2,(H,34,35)(H2,26,27,28)/b2-1+/t15-,16+,18+,19+,22+/m0/s1. The topological polar surface area (TPSA) is 186 Å². The zero-order chi connectivity index (χ0) is 25.8. The maximum atomic E-state index is 11.2. The third-order valence-corrected chi connectivity index (χ3v) is 6.58. The molecule has 0 aliphatic carbocycles. The lowest BCUT2D eigenvalue weighted by Crippen LogP contribution is -2.42. The Hall–Kier alpha value is -2.94. The number of rotatable bonds is 10. The van der Waals surface area contributed by atoms with Crippen molar-refractivity contribution in [2.45, 2.75) is 37.0 Å². The first kappa shape index (κ1) is 26.1. The molecular weight excluding hydrogens is 534 g/mol. The summed E-state index contributed by atoms with van der Waals surface area (Å²) >= 11 is 3.41. The van der Waals surface area contributed by atoms with E-state index in [1.54, 1.807) is 0 Å². The van der Waals surface area contributed by atoms with E-state index in [0.29, 0.717) is 24.3 Å². The van der Waals surface area contributed by atoms with E-state index >= 15 is 0 Å². The summed E-state index contributed by atoms with van der Waals surface area (Å²) in [5.74, 6) is -0.886. The summed E-state index contributed by atoms with van der Waals surface area (Å²) in [4.78, 5) is 25.4. The summed E-state index contributed by atoms with van der Waals surface area (Å²) in [5.41, 5.74) is 13.3. The molecule has 1 aliphatic rings. The maximum absolute atomic E-state index is 11.2. The Bertz CT molecular complexity index is 1220. The monoisotopic (exact) mass is 561 g/mol. The number of hydrogen-bond donors (Lipinski definition) is 5. The predicted molar refractivity (Wildman–Crippen MR) is 136 cm³/mol. The van der Waals surface area contributed by atoms with E-state index in [9.17, 15) is 15.0 Å². The Morgan fingerprint density at radius 3 is 2.69 bits per heavy atom. The molecule has 3 heterocycles. The lowest BCUT2D eigenvalue weighted by atomic mass is 10.1. The number of aliphatic hydroxyl groups is 2. The number of aliphatic carboxylic acids is 1.